The number of aryl methyl sites for hydroxylation is 1. The van der Waals surface area contributed by atoms with Crippen LogP contribution in [0, 0.1) is 0 Å². The van der Waals surface area contributed by atoms with Gasteiger partial charge in [-0.1, -0.05) is 0 Å². The molecule has 0 aliphatic carbocycles. The Balaban J connectivity index is 1.34. The van der Waals surface area contributed by atoms with Crippen molar-refractivity contribution in [1.82, 2.24) is 24.6 Å². The summed E-state index contributed by atoms with van der Waals surface area (Å²) in [5.41, 5.74) is 0.446. The zero-order chi connectivity index (χ0) is 17.9. The van der Waals surface area contributed by atoms with E-state index in [1.165, 1.54) is 7.11 Å². The second kappa shape index (κ2) is 7.19. The monoisotopic (exact) mass is 359 g/mol. The molecule has 1 saturated heterocycles. The number of amides is 1. The minimum absolute atomic E-state index is 0.0113. The van der Waals surface area contributed by atoms with Gasteiger partial charge in [-0.2, -0.15) is 10.1 Å². The minimum atomic E-state index is -0.0577. The molecule has 0 saturated carbocycles. The highest BCUT2D eigenvalue weighted by atomic mass is 16.5. The van der Waals surface area contributed by atoms with Gasteiger partial charge in [0.25, 0.3) is 5.91 Å². The van der Waals surface area contributed by atoms with Crippen molar-refractivity contribution in [3.63, 3.8) is 0 Å². The van der Waals surface area contributed by atoms with Gasteiger partial charge < -0.3 is 19.1 Å². The molecule has 0 bridgehead atoms. The van der Waals surface area contributed by atoms with Crippen molar-refractivity contribution in [3.05, 3.63) is 24.0 Å². The van der Waals surface area contributed by atoms with Crippen molar-refractivity contribution in [2.24, 2.45) is 0 Å². The predicted molar refractivity (Wildman–Crippen MR) is 90.5 cm³/mol. The van der Waals surface area contributed by atoms with E-state index in [1.54, 1.807) is 23.0 Å². The van der Waals surface area contributed by atoms with Crippen molar-refractivity contribution >= 4 is 5.91 Å². The average Bonchev–Trinajstić information content (AvgIpc) is 3.12. The lowest BCUT2D eigenvalue weighted by atomic mass is 10.1. The fourth-order valence-electron chi connectivity index (χ4n) is 3.17. The number of rotatable bonds is 4. The third-order valence-corrected chi connectivity index (χ3v) is 4.53. The molecule has 4 heterocycles. The van der Waals surface area contributed by atoms with Gasteiger partial charge in [0.05, 0.1) is 13.7 Å². The van der Waals surface area contributed by atoms with Gasteiger partial charge in [0.1, 0.15) is 6.10 Å². The first kappa shape index (κ1) is 16.6. The topological polar surface area (TPSA) is 91.6 Å². The Morgan fingerprint density at radius 1 is 1.31 bits per heavy atom. The highest BCUT2D eigenvalue weighted by Crippen LogP contribution is 2.22. The highest BCUT2D eigenvalue weighted by molar-refractivity contribution is 5.92. The first-order chi connectivity index (χ1) is 12.7. The van der Waals surface area contributed by atoms with Crippen LogP contribution in [0.4, 0.5) is 0 Å². The molecule has 4 rings (SSSR count). The van der Waals surface area contributed by atoms with E-state index >= 15 is 0 Å². The summed E-state index contributed by atoms with van der Waals surface area (Å²) in [4.78, 5) is 22.6. The maximum absolute atomic E-state index is 12.7. The lowest BCUT2D eigenvalue weighted by Crippen LogP contribution is -2.42. The van der Waals surface area contributed by atoms with Gasteiger partial charge in [-0.25, -0.2) is 9.67 Å². The number of likely N-dealkylation sites (tertiary alicyclic amines) is 1. The standard InChI is InChI=1S/C17H21N5O4/c1-24-17-18-6-3-14(19-17)26-12-4-8-21(9-5-12)16(23)13-11-15-22(20-13)7-2-10-25-15/h3,6,11-12H,2,4-5,7-10H2,1H3. The van der Waals surface area contributed by atoms with Gasteiger partial charge in [0, 0.05) is 57.2 Å². The third kappa shape index (κ3) is 3.42. The molecule has 2 aliphatic heterocycles. The fraction of sp³-hybridized carbons (Fsp3) is 0.529. The summed E-state index contributed by atoms with van der Waals surface area (Å²) in [7, 11) is 1.52. The molecule has 0 aromatic carbocycles. The van der Waals surface area contributed by atoms with E-state index in [4.69, 9.17) is 14.2 Å². The molecule has 26 heavy (non-hydrogen) atoms. The first-order valence-electron chi connectivity index (χ1n) is 8.76. The maximum atomic E-state index is 12.7. The molecule has 0 atom stereocenters. The zero-order valence-electron chi connectivity index (χ0n) is 14.6. The molecule has 1 amide bonds. The van der Waals surface area contributed by atoms with E-state index in [0.29, 0.717) is 37.2 Å². The number of hydrogen-bond donors (Lipinski definition) is 0. The number of ether oxygens (including phenoxy) is 3. The predicted octanol–water partition coefficient (Wildman–Crippen LogP) is 1.15. The number of piperidine rings is 1. The molecule has 0 unspecified atom stereocenters. The summed E-state index contributed by atoms with van der Waals surface area (Å²) in [5.74, 6) is 1.11. The molecule has 0 N–H and O–H groups in total. The van der Waals surface area contributed by atoms with E-state index in [1.807, 2.05) is 4.90 Å². The molecule has 9 heteroatoms. The van der Waals surface area contributed by atoms with Crippen molar-refractivity contribution in [3.8, 4) is 17.8 Å². The van der Waals surface area contributed by atoms with E-state index in [0.717, 1.165) is 25.8 Å². The molecule has 1 fully saturated rings. The quantitative estimate of drug-likeness (QED) is 0.808. The van der Waals surface area contributed by atoms with Crippen LogP contribution in [0.2, 0.25) is 0 Å². The number of carbonyl (C=O) groups is 1. The Kier molecular flexibility index (Phi) is 4.59. The number of carbonyl (C=O) groups excluding carboxylic acids is 1. The average molecular weight is 359 g/mol. The molecular formula is C17H21N5O4. The summed E-state index contributed by atoms with van der Waals surface area (Å²) in [6.45, 7) is 2.71. The normalized spacial score (nSPS) is 17.3. The third-order valence-electron chi connectivity index (χ3n) is 4.53. The molecule has 0 spiro atoms. The van der Waals surface area contributed by atoms with Crippen LogP contribution < -0.4 is 14.2 Å². The van der Waals surface area contributed by atoms with Gasteiger partial charge in [0.15, 0.2) is 5.69 Å². The highest BCUT2D eigenvalue weighted by Gasteiger charge is 2.27. The largest absolute Gasteiger partial charge is 0.478 e. The maximum Gasteiger partial charge on any atom is 0.319 e. The van der Waals surface area contributed by atoms with Crippen LogP contribution in [0.5, 0.6) is 17.8 Å². The number of methoxy groups -OCH3 is 1. The van der Waals surface area contributed by atoms with E-state index in [9.17, 15) is 4.79 Å². The molecular weight excluding hydrogens is 338 g/mol. The van der Waals surface area contributed by atoms with Crippen molar-refractivity contribution in [2.45, 2.75) is 31.9 Å². The Hall–Kier alpha value is -2.84. The Morgan fingerprint density at radius 3 is 2.92 bits per heavy atom. The van der Waals surface area contributed by atoms with E-state index in [-0.39, 0.29) is 18.0 Å². The van der Waals surface area contributed by atoms with Crippen molar-refractivity contribution in [1.29, 1.82) is 0 Å². The van der Waals surface area contributed by atoms with Gasteiger partial charge in [-0.05, 0) is 0 Å². The molecule has 2 aromatic rings. The van der Waals surface area contributed by atoms with Gasteiger partial charge >= 0.3 is 6.01 Å². The van der Waals surface area contributed by atoms with Gasteiger partial charge in [-0.15, -0.1) is 0 Å². The molecule has 2 aliphatic rings. The van der Waals surface area contributed by atoms with Crippen LogP contribution in [0.15, 0.2) is 18.3 Å². The Labute approximate surface area is 150 Å². The first-order valence-corrected chi connectivity index (χ1v) is 8.76. The second-order valence-corrected chi connectivity index (χ2v) is 6.28. The van der Waals surface area contributed by atoms with Crippen LogP contribution >= 0.6 is 0 Å². The van der Waals surface area contributed by atoms with Crippen LogP contribution in [0.25, 0.3) is 0 Å². The summed E-state index contributed by atoms with van der Waals surface area (Å²) >= 11 is 0. The molecule has 9 nitrogen and oxygen atoms in total. The van der Waals surface area contributed by atoms with Crippen LogP contribution in [0.1, 0.15) is 29.8 Å². The zero-order valence-corrected chi connectivity index (χ0v) is 14.6. The lowest BCUT2D eigenvalue weighted by molar-refractivity contribution is 0.0580. The summed E-state index contributed by atoms with van der Waals surface area (Å²) in [6, 6.07) is 3.72. The van der Waals surface area contributed by atoms with Crippen LogP contribution in [0.3, 0.4) is 0 Å². The lowest BCUT2D eigenvalue weighted by Gasteiger charge is -2.31. The smallest absolute Gasteiger partial charge is 0.319 e. The SMILES string of the molecule is COc1nccc(OC2CCN(C(=O)c3cc4n(n3)CCCO4)CC2)n1. The number of hydrogen-bond acceptors (Lipinski definition) is 7. The summed E-state index contributed by atoms with van der Waals surface area (Å²) in [5, 5.41) is 4.37. The molecule has 0 radical (unpaired) electrons. The van der Waals surface area contributed by atoms with Crippen LogP contribution in [-0.4, -0.2) is 63.5 Å². The minimum Gasteiger partial charge on any atom is -0.478 e. The Bertz CT molecular complexity index is 762. The van der Waals surface area contributed by atoms with E-state index < -0.39 is 0 Å². The fourth-order valence-corrected chi connectivity index (χ4v) is 3.17. The number of aromatic nitrogens is 4. The van der Waals surface area contributed by atoms with Gasteiger partial charge in [0.2, 0.25) is 11.8 Å². The second-order valence-electron chi connectivity index (χ2n) is 6.28. The Morgan fingerprint density at radius 2 is 2.15 bits per heavy atom. The van der Waals surface area contributed by atoms with Crippen molar-refractivity contribution < 1.29 is 19.0 Å². The van der Waals surface area contributed by atoms with Gasteiger partial charge in [-0.3, -0.25) is 4.79 Å². The number of fused-ring (bicyclic) bond motifs is 1. The number of nitrogens with zero attached hydrogens (tertiary/aromatic N) is 5. The summed E-state index contributed by atoms with van der Waals surface area (Å²) < 4.78 is 18.2. The van der Waals surface area contributed by atoms with Crippen LogP contribution in [-0.2, 0) is 6.54 Å². The van der Waals surface area contributed by atoms with Crippen molar-refractivity contribution in [2.75, 3.05) is 26.8 Å². The molecule has 2 aromatic heterocycles. The summed E-state index contributed by atoms with van der Waals surface area (Å²) in [6.07, 6.45) is 4.00. The van der Waals surface area contributed by atoms with E-state index in [2.05, 4.69) is 15.1 Å². The molecule has 138 valence electrons.